The van der Waals surface area contributed by atoms with Gasteiger partial charge in [-0.1, -0.05) is 107 Å². The molecule has 0 fully saturated rings. The summed E-state index contributed by atoms with van der Waals surface area (Å²) in [4.78, 5) is 0. The highest BCUT2D eigenvalue weighted by Gasteiger charge is 2.36. The van der Waals surface area contributed by atoms with Crippen LogP contribution in [0.3, 0.4) is 0 Å². The Morgan fingerprint density at radius 2 is 1.26 bits per heavy atom. The van der Waals surface area contributed by atoms with Crippen LogP contribution < -0.4 is 4.74 Å². The molecule has 0 radical (unpaired) electrons. The second-order valence-corrected chi connectivity index (χ2v) is 10.6. The number of ether oxygens (including phenoxy) is 2. The van der Waals surface area contributed by atoms with Crippen molar-refractivity contribution in [3.05, 3.63) is 102 Å². The molecule has 0 N–H and O–H groups in total. The molecule has 4 aromatic carbocycles. The van der Waals surface area contributed by atoms with Crippen molar-refractivity contribution < 1.29 is 9.47 Å². The van der Waals surface area contributed by atoms with E-state index < -0.39 is 6.29 Å². The molecule has 0 saturated heterocycles. The summed E-state index contributed by atoms with van der Waals surface area (Å²) in [5, 5.41) is 2.44. The highest BCUT2D eigenvalue weighted by atomic mass is 16.7. The van der Waals surface area contributed by atoms with Crippen LogP contribution in [0.25, 0.3) is 21.9 Å². The molecule has 0 bridgehead atoms. The van der Waals surface area contributed by atoms with Gasteiger partial charge in [-0.15, -0.1) is 0 Å². The molecule has 0 amide bonds. The molecule has 2 atom stereocenters. The molecule has 2 heteroatoms. The first-order valence-corrected chi connectivity index (χ1v) is 12.9. The fourth-order valence-electron chi connectivity index (χ4n) is 5.85. The molecule has 5 rings (SSSR count). The Kier molecular flexibility index (Phi) is 6.67. The molecule has 0 saturated carbocycles. The minimum atomic E-state index is -0.425. The third kappa shape index (κ3) is 4.36. The molecule has 35 heavy (non-hydrogen) atoms. The van der Waals surface area contributed by atoms with Crippen LogP contribution in [0.5, 0.6) is 5.75 Å². The Morgan fingerprint density at radius 1 is 0.686 bits per heavy atom. The zero-order valence-electron chi connectivity index (χ0n) is 21.5. The van der Waals surface area contributed by atoms with Gasteiger partial charge in [0.05, 0.1) is 5.92 Å². The summed E-state index contributed by atoms with van der Waals surface area (Å²) < 4.78 is 12.8. The summed E-state index contributed by atoms with van der Waals surface area (Å²) in [6.45, 7) is 9.30. The van der Waals surface area contributed by atoms with Gasteiger partial charge in [-0.3, -0.25) is 0 Å². The Bertz CT molecular complexity index is 1270. The van der Waals surface area contributed by atoms with E-state index in [4.69, 9.17) is 9.47 Å². The topological polar surface area (TPSA) is 18.5 Å². The molecule has 1 aliphatic rings. The molecule has 2 unspecified atom stereocenters. The molecule has 0 spiro atoms. The number of benzene rings is 4. The van der Waals surface area contributed by atoms with Gasteiger partial charge in [-0.25, -0.2) is 0 Å². The molecule has 180 valence electrons. The average molecular weight is 465 g/mol. The molecule has 1 aliphatic carbocycles. The predicted octanol–water partition coefficient (Wildman–Crippen LogP) is 8.79. The Morgan fingerprint density at radius 3 is 1.83 bits per heavy atom. The normalized spacial score (nSPS) is 14.8. The summed E-state index contributed by atoms with van der Waals surface area (Å²) in [6.07, 6.45) is 0.753. The molecule has 0 heterocycles. The van der Waals surface area contributed by atoms with Crippen LogP contribution in [0.4, 0.5) is 0 Å². The van der Waals surface area contributed by atoms with E-state index in [2.05, 4.69) is 113 Å². The first-order valence-electron chi connectivity index (χ1n) is 12.9. The van der Waals surface area contributed by atoms with Gasteiger partial charge in [0.2, 0.25) is 6.29 Å². The standard InChI is InChI=1S/C33H36O2/c1-21(2)20-30(22(3)4)26-18-19-31(27-15-9-6-12-23(26)27)35-33(34-5)32-28-16-10-7-13-24(28)25-14-8-11-17-29(25)32/h6-19,21-22,30,32-33H,20H2,1-5H3. The van der Waals surface area contributed by atoms with Crippen LogP contribution in [-0.2, 0) is 4.74 Å². The van der Waals surface area contributed by atoms with Crippen LogP contribution in [-0.4, -0.2) is 13.4 Å². The van der Waals surface area contributed by atoms with Crippen LogP contribution in [0.2, 0.25) is 0 Å². The zero-order valence-corrected chi connectivity index (χ0v) is 21.5. The van der Waals surface area contributed by atoms with Crippen LogP contribution >= 0.6 is 0 Å². The van der Waals surface area contributed by atoms with E-state index >= 15 is 0 Å². The maximum atomic E-state index is 6.73. The van der Waals surface area contributed by atoms with Gasteiger partial charge in [-0.05, 0) is 63.4 Å². The van der Waals surface area contributed by atoms with Gasteiger partial charge in [0.1, 0.15) is 5.75 Å². The van der Waals surface area contributed by atoms with E-state index in [0.717, 1.165) is 11.1 Å². The quantitative estimate of drug-likeness (QED) is 0.243. The number of hydrogen-bond donors (Lipinski definition) is 0. The van der Waals surface area contributed by atoms with E-state index in [1.165, 1.54) is 39.6 Å². The van der Waals surface area contributed by atoms with Crippen molar-refractivity contribution in [1.29, 1.82) is 0 Å². The van der Waals surface area contributed by atoms with E-state index in [-0.39, 0.29) is 5.92 Å². The van der Waals surface area contributed by atoms with E-state index in [1.54, 1.807) is 7.11 Å². The molecular weight excluding hydrogens is 428 g/mol. The zero-order chi connectivity index (χ0) is 24.5. The third-order valence-electron chi connectivity index (χ3n) is 7.48. The molecule has 0 aliphatic heterocycles. The first kappa shape index (κ1) is 23.6. The SMILES string of the molecule is COC(Oc1ccc(C(CC(C)C)C(C)C)c2ccccc12)C1c2ccccc2-c2ccccc21. The third-order valence-corrected chi connectivity index (χ3v) is 7.48. The van der Waals surface area contributed by atoms with Crippen molar-refractivity contribution in [3.63, 3.8) is 0 Å². The second kappa shape index (κ2) is 9.87. The Balaban J connectivity index is 1.56. The molecule has 4 aromatic rings. The summed E-state index contributed by atoms with van der Waals surface area (Å²) in [7, 11) is 1.75. The van der Waals surface area contributed by atoms with E-state index in [9.17, 15) is 0 Å². The van der Waals surface area contributed by atoms with Crippen molar-refractivity contribution in [1.82, 2.24) is 0 Å². The fraction of sp³-hybridized carbons (Fsp3) is 0.333. The number of hydrogen-bond acceptors (Lipinski definition) is 2. The second-order valence-electron chi connectivity index (χ2n) is 10.6. The van der Waals surface area contributed by atoms with Crippen molar-refractivity contribution in [2.75, 3.05) is 7.11 Å². The highest BCUT2D eigenvalue weighted by molar-refractivity contribution is 5.91. The van der Waals surface area contributed by atoms with Gasteiger partial charge in [0, 0.05) is 12.5 Å². The molecular formula is C33H36O2. The summed E-state index contributed by atoms with van der Waals surface area (Å²) in [5.74, 6) is 2.64. The smallest absolute Gasteiger partial charge is 0.210 e. The van der Waals surface area contributed by atoms with Gasteiger partial charge >= 0.3 is 0 Å². The largest absolute Gasteiger partial charge is 0.463 e. The Hall–Kier alpha value is -3.10. The number of rotatable bonds is 8. The van der Waals surface area contributed by atoms with Crippen LogP contribution in [0, 0.1) is 11.8 Å². The van der Waals surface area contributed by atoms with Crippen molar-refractivity contribution in [2.24, 2.45) is 11.8 Å². The van der Waals surface area contributed by atoms with Gasteiger partial charge in [0.15, 0.2) is 0 Å². The average Bonchev–Trinajstić information content (AvgIpc) is 3.20. The predicted molar refractivity (Wildman–Crippen MR) is 146 cm³/mol. The summed E-state index contributed by atoms with van der Waals surface area (Å²) in [6, 6.07) is 30.4. The lowest BCUT2D eigenvalue weighted by atomic mass is 9.80. The van der Waals surface area contributed by atoms with Crippen molar-refractivity contribution in [2.45, 2.75) is 52.2 Å². The lowest BCUT2D eigenvalue weighted by Crippen LogP contribution is -2.27. The lowest BCUT2D eigenvalue weighted by molar-refractivity contribution is -0.0620. The fourth-order valence-corrected chi connectivity index (χ4v) is 5.85. The first-order chi connectivity index (χ1) is 17.0. The summed E-state index contributed by atoms with van der Waals surface area (Å²) >= 11 is 0. The maximum Gasteiger partial charge on any atom is 0.210 e. The maximum absolute atomic E-state index is 6.73. The van der Waals surface area contributed by atoms with E-state index in [1.807, 2.05) is 0 Å². The van der Waals surface area contributed by atoms with Crippen molar-refractivity contribution >= 4 is 10.8 Å². The minimum absolute atomic E-state index is 0.0233. The van der Waals surface area contributed by atoms with Crippen molar-refractivity contribution in [3.8, 4) is 16.9 Å². The molecule has 0 aromatic heterocycles. The lowest BCUT2D eigenvalue weighted by Gasteiger charge is -2.28. The number of methoxy groups -OCH3 is 1. The van der Waals surface area contributed by atoms with Crippen LogP contribution in [0.15, 0.2) is 84.9 Å². The van der Waals surface area contributed by atoms with Gasteiger partial charge < -0.3 is 9.47 Å². The van der Waals surface area contributed by atoms with Gasteiger partial charge in [-0.2, -0.15) is 0 Å². The Labute approximate surface area is 209 Å². The van der Waals surface area contributed by atoms with E-state index in [0.29, 0.717) is 17.8 Å². The highest BCUT2D eigenvalue weighted by Crippen LogP contribution is 2.47. The van der Waals surface area contributed by atoms with Crippen LogP contribution in [0.1, 0.15) is 62.6 Å². The van der Waals surface area contributed by atoms with Gasteiger partial charge in [0.25, 0.3) is 0 Å². The minimum Gasteiger partial charge on any atom is -0.463 e. The summed E-state index contributed by atoms with van der Waals surface area (Å²) in [5.41, 5.74) is 6.48. The number of fused-ring (bicyclic) bond motifs is 4. The molecule has 2 nitrogen and oxygen atoms in total. The monoisotopic (exact) mass is 464 g/mol.